The van der Waals surface area contributed by atoms with E-state index in [4.69, 9.17) is 4.74 Å². The Bertz CT molecular complexity index is 1600. The van der Waals surface area contributed by atoms with Crippen LogP contribution in [0.4, 0.5) is 27.8 Å². The summed E-state index contributed by atoms with van der Waals surface area (Å²) >= 11 is 0. The molecule has 1 fully saturated rings. The molecule has 0 saturated carbocycles. The van der Waals surface area contributed by atoms with E-state index in [1.54, 1.807) is 30.3 Å². The zero-order chi connectivity index (χ0) is 30.0. The van der Waals surface area contributed by atoms with Crippen LogP contribution in [0.1, 0.15) is 46.3 Å². The molecule has 8 nitrogen and oxygen atoms in total. The number of benzene rings is 2. The lowest BCUT2D eigenvalue weighted by molar-refractivity contribution is -0.170. The van der Waals surface area contributed by atoms with Crippen molar-refractivity contribution in [2.75, 3.05) is 11.9 Å². The second kappa shape index (κ2) is 9.50. The van der Waals surface area contributed by atoms with Crippen LogP contribution in [0.25, 0.3) is 0 Å². The van der Waals surface area contributed by atoms with Gasteiger partial charge >= 0.3 is 12.1 Å². The van der Waals surface area contributed by atoms with Crippen LogP contribution >= 0.6 is 0 Å². The number of anilines is 1. The van der Waals surface area contributed by atoms with E-state index in [1.165, 1.54) is 31.3 Å². The summed E-state index contributed by atoms with van der Waals surface area (Å²) in [5, 5.41) is 4.75. The summed E-state index contributed by atoms with van der Waals surface area (Å²) in [7, 11) is 0. The van der Waals surface area contributed by atoms with Crippen LogP contribution < -0.4 is 15.4 Å². The van der Waals surface area contributed by atoms with Crippen molar-refractivity contribution in [2.24, 2.45) is 0 Å². The summed E-state index contributed by atoms with van der Waals surface area (Å²) in [4.78, 5) is 43.9. The summed E-state index contributed by atoms with van der Waals surface area (Å²) in [6.07, 6.45) is -3.35. The minimum absolute atomic E-state index is 0.00138. The van der Waals surface area contributed by atoms with Crippen molar-refractivity contribution in [2.45, 2.75) is 49.0 Å². The maximum absolute atomic E-state index is 16.0. The van der Waals surface area contributed by atoms with E-state index < -0.39 is 65.5 Å². The number of fused-ring (bicyclic) bond motifs is 3. The molecule has 42 heavy (non-hydrogen) atoms. The van der Waals surface area contributed by atoms with E-state index in [0.29, 0.717) is 10.5 Å². The minimum atomic E-state index is -4.68. The first-order valence-corrected chi connectivity index (χ1v) is 13.0. The van der Waals surface area contributed by atoms with Crippen LogP contribution in [0, 0.1) is 0 Å². The summed E-state index contributed by atoms with van der Waals surface area (Å²) in [5.41, 5.74) is -3.23. The van der Waals surface area contributed by atoms with Crippen LogP contribution in [0.3, 0.4) is 0 Å². The number of carbonyl (C=O) groups is 3. The highest BCUT2D eigenvalue weighted by Crippen LogP contribution is 2.60. The lowest BCUT2D eigenvalue weighted by Crippen LogP contribution is -2.59. The van der Waals surface area contributed by atoms with E-state index in [-0.39, 0.29) is 29.1 Å². The Kier molecular flexibility index (Phi) is 6.24. The number of piperidine rings is 1. The number of aromatic nitrogens is 1. The lowest BCUT2D eigenvalue weighted by Gasteiger charge is -2.43. The SMILES string of the molecule is C[C@@H]1[C@H](c2ccccc2)C[C@H](NC(=O)c2ccc3c(c2)C(F)(F)C2(O3)C(=O)Nc3ncccc32)C(=O)N1CC(F)(F)F. The van der Waals surface area contributed by atoms with Gasteiger partial charge < -0.3 is 20.3 Å². The molecule has 2 aromatic carbocycles. The molecule has 4 heterocycles. The predicted octanol–water partition coefficient (Wildman–Crippen LogP) is 4.48. The number of pyridine rings is 1. The van der Waals surface area contributed by atoms with E-state index in [2.05, 4.69) is 15.6 Å². The highest BCUT2D eigenvalue weighted by atomic mass is 19.4. The van der Waals surface area contributed by atoms with Crippen LogP contribution in [0.15, 0.2) is 66.9 Å². The predicted molar refractivity (Wildman–Crippen MR) is 138 cm³/mol. The number of nitrogens with zero attached hydrogens (tertiary/aromatic N) is 2. The molecule has 0 aliphatic carbocycles. The Morgan fingerprint density at radius 1 is 1.10 bits per heavy atom. The molecule has 0 radical (unpaired) electrons. The van der Waals surface area contributed by atoms with E-state index in [1.807, 2.05) is 0 Å². The average Bonchev–Trinajstić information content (AvgIpc) is 3.37. The molecule has 3 aromatic rings. The minimum Gasteiger partial charge on any atom is -0.465 e. The molecule has 1 spiro atoms. The number of carbonyl (C=O) groups excluding carboxylic acids is 3. The van der Waals surface area contributed by atoms with Crippen LogP contribution in [-0.2, 0) is 21.1 Å². The van der Waals surface area contributed by atoms with Crippen LogP contribution in [0.2, 0.25) is 0 Å². The Labute approximate surface area is 235 Å². The molecule has 1 saturated heterocycles. The molecule has 3 aliphatic heterocycles. The van der Waals surface area contributed by atoms with Crippen LogP contribution in [-0.4, -0.2) is 52.4 Å². The molecule has 1 unspecified atom stereocenters. The zero-order valence-electron chi connectivity index (χ0n) is 21.9. The Morgan fingerprint density at radius 2 is 1.83 bits per heavy atom. The number of hydrogen-bond donors (Lipinski definition) is 2. The van der Waals surface area contributed by atoms with Gasteiger partial charge in [0.25, 0.3) is 17.4 Å². The third kappa shape index (κ3) is 4.17. The lowest BCUT2D eigenvalue weighted by atomic mass is 9.81. The van der Waals surface area contributed by atoms with Gasteiger partial charge in [-0.2, -0.15) is 22.0 Å². The van der Waals surface area contributed by atoms with Gasteiger partial charge in [-0.25, -0.2) is 4.98 Å². The quantitative estimate of drug-likeness (QED) is 0.440. The number of hydrogen-bond acceptors (Lipinski definition) is 5. The monoisotopic (exact) mass is 586 g/mol. The number of halogens is 5. The fraction of sp³-hybridized carbons (Fsp3) is 0.310. The van der Waals surface area contributed by atoms with Gasteiger partial charge in [0.1, 0.15) is 24.2 Å². The molecule has 0 bridgehead atoms. The van der Waals surface area contributed by atoms with Gasteiger partial charge in [-0.3, -0.25) is 14.4 Å². The van der Waals surface area contributed by atoms with Gasteiger partial charge in [0.2, 0.25) is 5.91 Å². The van der Waals surface area contributed by atoms with Crippen molar-refractivity contribution < 1.29 is 41.1 Å². The summed E-state index contributed by atoms with van der Waals surface area (Å²) in [6.45, 7) is 0.0101. The number of nitrogens with one attached hydrogen (secondary N) is 2. The van der Waals surface area contributed by atoms with Crippen molar-refractivity contribution in [3.05, 3.63) is 89.1 Å². The summed E-state index contributed by atoms with van der Waals surface area (Å²) in [5.74, 6) is -7.86. The maximum Gasteiger partial charge on any atom is 0.406 e. The first kappa shape index (κ1) is 27.6. The molecular formula is C29H23F5N4O4. The third-order valence-corrected chi connectivity index (χ3v) is 8.05. The second-order valence-corrected chi connectivity index (χ2v) is 10.5. The molecule has 6 rings (SSSR count). The van der Waals surface area contributed by atoms with E-state index in [9.17, 15) is 27.6 Å². The van der Waals surface area contributed by atoms with Crippen molar-refractivity contribution >= 4 is 23.5 Å². The number of rotatable bonds is 4. The molecule has 2 N–H and O–H groups in total. The summed E-state index contributed by atoms with van der Waals surface area (Å²) < 4.78 is 77.7. The first-order valence-electron chi connectivity index (χ1n) is 13.0. The van der Waals surface area contributed by atoms with E-state index >= 15 is 8.78 Å². The van der Waals surface area contributed by atoms with Gasteiger partial charge in [0.05, 0.1) is 11.1 Å². The van der Waals surface area contributed by atoms with Crippen molar-refractivity contribution in [3.63, 3.8) is 0 Å². The molecule has 1 aromatic heterocycles. The number of likely N-dealkylation sites (tertiary alicyclic amines) is 1. The second-order valence-electron chi connectivity index (χ2n) is 10.5. The first-order chi connectivity index (χ1) is 19.8. The van der Waals surface area contributed by atoms with Gasteiger partial charge in [0.15, 0.2) is 0 Å². The van der Waals surface area contributed by atoms with Crippen molar-refractivity contribution in [1.82, 2.24) is 15.2 Å². The average molecular weight is 587 g/mol. The molecule has 3 aliphatic rings. The highest BCUT2D eigenvalue weighted by Gasteiger charge is 2.72. The van der Waals surface area contributed by atoms with Crippen LogP contribution in [0.5, 0.6) is 5.75 Å². The Hall–Kier alpha value is -4.55. The molecule has 13 heteroatoms. The van der Waals surface area contributed by atoms with E-state index in [0.717, 1.165) is 12.1 Å². The third-order valence-electron chi connectivity index (χ3n) is 8.05. The molecular weight excluding hydrogens is 563 g/mol. The zero-order valence-corrected chi connectivity index (χ0v) is 21.9. The number of alkyl halides is 5. The Balaban J connectivity index is 1.30. The fourth-order valence-electron chi connectivity index (χ4n) is 6.01. The van der Waals surface area contributed by atoms with Gasteiger partial charge in [-0.15, -0.1) is 0 Å². The standard InChI is InChI=1S/C29H23F5N4O4/c1-15-18(16-6-3-2-4-7-16)13-21(25(40)38(15)14-27(30,31)32)36-24(39)17-9-10-22-20(12-17)29(33,34)28(42-22)19-8-5-11-35-23(19)37-26(28)41/h2-12,15,18,21H,13-14H2,1H3,(H,36,39)(H,35,37,41)/t15-,18-,21+,28?/m1/s1. The largest absolute Gasteiger partial charge is 0.465 e. The topological polar surface area (TPSA) is 101 Å². The maximum atomic E-state index is 16.0. The molecule has 218 valence electrons. The van der Waals surface area contributed by atoms with Crippen molar-refractivity contribution in [1.29, 1.82) is 0 Å². The van der Waals surface area contributed by atoms with Gasteiger partial charge in [-0.05, 0) is 49.2 Å². The molecule has 4 atom stereocenters. The van der Waals surface area contributed by atoms with Crippen molar-refractivity contribution in [3.8, 4) is 5.75 Å². The smallest absolute Gasteiger partial charge is 0.406 e. The van der Waals surface area contributed by atoms with Gasteiger partial charge in [-0.1, -0.05) is 30.3 Å². The fourth-order valence-corrected chi connectivity index (χ4v) is 6.01. The number of ether oxygens (including phenoxy) is 1. The summed E-state index contributed by atoms with van der Waals surface area (Å²) in [6, 6.07) is 12.3. The highest BCUT2D eigenvalue weighted by molar-refractivity contribution is 6.06. The normalized spacial score (nSPS) is 26.0. The number of amides is 3. The molecule has 3 amide bonds. The Morgan fingerprint density at radius 3 is 2.55 bits per heavy atom. The van der Waals surface area contributed by atoms with Gasteiger partial charge in [0, 0.05) is 23.7 Å².